The summed E-state index contributed by atoms with van der Waals surface area (Å²) in [6.07, 6.45) is 0.400. The predicted octanol–water partition coefficient (Wildman–Crippen LogP) is 2.74. The first kappa shape index (κ1) is 13.1. The van der Waals surface area contributed by atoms with Crippen LogP contribution in [0.3, 0.4) is 0 Å². The fourth-order valence-corrected chi connectivity index (χ4v) is 2.61. The zero-order valence-corrected chi connectivity index (χ0v) is 11.2. The van der Waals surface area contributed by atoms with Gasteiger partial charge in [-0.3, -0.25) is 14.9 Å². The van der Waals surface area contributed by atoms with Gasteiger partial charge in [-0.2, -0.15) is 0 Å². The highest BCUT2D eigenvalue weighted by Gasteiger charge is 2.38. The zero-order chi connectivity index (χ0) is 13.3. The van der Waals surface area contributed by atoms with Crippen molar-refractivity contribution < 1.29 is 9.59 Å². The van der Waals surface area contributed by atoms with Crippen molar-refractivity contribution in [1.29, 1.82) is 0 Å². The molecule has 0 aromatic heterocycles. The molecule has 1 saturated heterocycles. The molecule has 2 rings (SSSR count). The van der Waals surface area contributed by atoms with Gasteiger partial charge >= 0.3 is 0 Å². The Morgan fingerprint density at radius 3 is 2.39 bits per heavy atom. The van der Waals surface area contributed by atoms with E-state index in [-0.39, 0.29) is 29.6 Å². The molecule has 0 spiro atoms. The molecule has 2 amide bonds. The van der Waals surface area contributed by atoms with Gasteiger partial charge in [-0.1, -0.05) is 37.6 Å². The fraction of sp³-hybridized carbons (Fsp3) is 0.429. The van der Waals surface area contributed by atoms with Crippen LogP contribution in [0.4, 0.5) is 0 Å². The number of carbonyl (C=O) groups excluding carboxylic acids is 2. The van der Waals surface area contributed by atoms with Crippen molar-refractivity contribution in [3.8, 4) is 0 Å². The number of hydrogen-bond donors (Lipinski definition) is 1. The number of benzene rings is 1. The predicted molar refractivity (Wildman–Crippen MR) is 70.3 cm³/mol. The third-order valence-corrected chi connectivity index (χ3v) is 3.73. The van der Waals surface area contributed by atoms with E-state index in [1.165, 1.54) is 0 Å². The van der Waals surface area contributed by atoms with Gasteiger partial charge in [-0.05, 0) is 29.5 Å². The molecule has 1 aliphatic rings. The van der Waals surface area contributed by atoms with Crippen molar-refractivity contribution in [3.05, 3.63) is 34.9 Å². The second-order valence-electron chi connectivity index (χ2n) is 5.05. The van der Waals surface area contributed by atoms with Crippen LogP contribution in [0.15, 0.2) is 24.3 Å². The summed E-state index contributed by atoms with van der Waals surface area (Å²) in [7, 11) is 0. The molecular formula is C14H16ClNO2. The minimum atomic E-state index is -0.264. The molecule has 1 N–H and O–H groups in total. The van der Waals surface area contributed by atoms with E-state index >= 15 is 0 Å². The standard InChI is InChI=1S/C14H16ClNO2/c1-8(2)11-7-12(17)16-14(18)13(11)9-3-5-10(15)6-4-9/h3-6,8,11,13H,7H2,1-2H3,(H,16,17,18). The summed E-state index contributed by atoms with van der Waals surface area (Å²) in [6.45, 7) is 4.08. The Kier molecular flexibility index (Phi) is 3.71. The molecule has 1 aromatic carbocycles. The number of halogens is 1. The normalized spacial score (nSPS) is 24.2. The van der Waals surface area contributed by atoms with Crippen LogP contribution in [0, 0.1) is 11.8 Å². The molecule has 3 nitrogen and oxygen atoms in total. The van der Waals surface area contributed by atoms with Crippen molar-refractivity contribution in [3.63, 3.8) is 0 Å². The molecule has 2 unspecified atom stereocenters. The van der Waals surface area contributed by atoms with Gasteiger partial charge in [0.25, 0.3) is 0 Å². The maximum absolute atomic E-state index is 12.0. The number of piperidine rings is 1. The molecule has 0 bridgehead atoms. The number of imide groups is 1. The Morgan fingerprint density at radius 1 is 1.22 bits per heavy atom. The first-order valence-electron chi connectivity index (χ1n) is 6.08. The smallest absolute Gasteiger partial charge is 0.234 e. The monoisotopic (exact) mass is 265 g/mol. The van der Waals surface area contributed by atoms with Crippen molar-refractivity contribution >= 4 is 23.4 Å². The molecule has 4 heteroatoms. The minimum absolute atomic E-state index is 0.0485. The molecule has 1 fully saturated rings. The van der Waals surface area contributed by atoms with Crippen molar-refractivity contribution in [2.45, 2.75) is 26.2 Å². The van der Waals surface area contributed by atoms with Crippen LogP contribution >= 0.6 is 11.6 Å². The number of nitrogens with one attached hydrogen (secondary N) is 1. The molecule has 0 radical (unpaired) electrons. The zero-order valence-electron chi connectivity index (χ0n) is 10.4. The van der Waals surface area contributed by atoms with Crippen LogP contribution < -0.4 is 5.32 Å². The lowest BCUT2D eigenvalue weighted by molar-refractivity contribution is -0.137. The minimum Gasteiger partial charge on any atom is -0.296 e. The van der Waals surface area contributed by atoms with Gasteiger partial charge in [-0.25, -0.2) is 0 Å². The van der Waals surface area contributed by atoms with E-state index in [0.717, 1.165) is 5.56 Å². The fourth-order valence-electron chi connectivity index (χ4n) is 2.48. The topological polar surface area (TPSA) is 46.2 Å². The van der Waals surface area contributed by atoms with E-state index in [1.54, 1.807) is 12.1 Å². The van der Waals surface area contributed by atoms with Crippen LogP contribution in [0.5, 0.6) is 0 Å². The molecule has 1 aromatic rings. The molecule has 0 saturated carbocycles. The van der Waals surface area contributed by atoms with Gasteiger partial charge in [0.2, 0.25) is 11.8 Å². The lowest BCUT2D eigenvalue weighted by Gasteiger charge is -2.33. The highest BCUT2D eigenvalue weighted by Crippen LogP contribution is 2.35. The first-order chi connectivity index (χ1) is 8.49. The van der Waals surface area contributed by atoms with Gasteiger partial charge < -0.3 is 0 Å². The maximum atomic E-state index is 12.0. The Morgan fingerprint density at radius 2 is 1.83 bits per heavy atom. The number of carbonyl (C=O) groups is 2. The highest BCUT2D eigenvalue weighted by atomic mass is 35.5. The molecule has 18 heavy (non-hydrogen) atoms. The Balaban J connectivity index is 2.35. The van der Waals surface area contributed by atoms with Crippen molar-refractivity contribution in [1.82, 2.24) is 5.32 Å². The molecule has 2 atom stereocenters. The summed E-state index contributed by atoms with van der Waals surface area (Å²) in [4.78, 5) is 23.5. The number of rotatable bonds is 2. The second kappa shape index (κ2) is 5.11. The quantitative estimate of drug-likeness (QED) is 0.836. The molecule has 96 valence electrons. The summed E-state index contributed by atoms with van der Waals surface area (Å²) >= 11 is 5.85. The largest absolute Gasteiger partial charge is 0.296 e. The van der Waals surface area contributed by atoms with Crippen LogP contribution in [0.25, 0.3) is 0 Å². The van der Waals surface area contributed by atoms with Gasteiger partial charge in [0, 0.05) is 11.4 Å². The van der Waals surface area contributed by atoms with Crippen LogP contribution in [0.2, 0.25) is 5.02 Å². The molecule has 1 aliphatic heterocycles. The van der Waals surface area contributed by atoms with E-state index in [4.69, 9.17) is 11.6 Å². The number of hydrogen-bond acceptors (Lipinski definition) is 2. The lowest BCUT2D eigenvalue weighted by Crippen LogP contribution is -2.45. The van der Waals surface area contributed by atoms with E-state index in [0.29, 0.717) is 11.4 Å². The summed E-state index contributed by atoms with van der Waals surface area (Å²) in [5, 5.41) is 3.06. The van der Waals surface area contributed by atoms with Gasteiger partial charge in [0.15, 0.2) is 0 Å². The Hall–Kier alpha value is -1.35. The van der Waals surface area contributed by atoms with E-state index in [2.05, 4.69) is 5.32 Å². The third kappa shape index (κ3) is 2.56. The summed E-state index contributed by atoms with van der Waals surface area (Å²) in [6, 6.07) is 7.27. The van der Waals surface area contributed by atoms with Crippen LogP contribution in [-0.4, -0.2) is 11.8 Å². The third-order valence-electron chi connectivity index (χ3n) is 3.48. The lowest BCUT2D eigenvalue weighted by atomic mass is 9.74. The Labute approximate surface area is 112 Å². The van der Waals surface area contributed by atoms with Gasteiger partial charge in [0.05, 0.1) is 5.92 Å². The SMILES string of the molecule is CC(C)C1CC(=O)NC(=O)C1c1ccc(Cl)cc1. The van der Waals surface area contributed by atoms with E-state index in [9.17, 15) is 9.59 Å². The maximum Gasteiger partial charge on any atom is 0.234 e. The van der Waals surface area contributed by atoms with E-state index in [1.807, 2.05) is 26.0 Å². The number of amides is 2. The highest BCUT2D eigenvalue weighted by molar-refractivity contribution is 6.30. The van der Waals surface area contributed by atoms with Crippen LogP contribution in [-0.2, 0) is 9.59 Å². The summed E-state index contributed by atoms with van der Waals surface area (Å²) < 4.78 is 0. The molecule has 1 heterocycles. The molecule has 0 aliphatic carbocycles. The van der Waals surface area contributed by atoms with Crippen LogP contribution in [0.1, 0.15) is 31.7 Å². The second-order valence-corrected chi connectivity index (χ2v) is 5.49. The van der Waals surface area contributed by atoms with Crippen molar-refractivity contribution in [2.75, 3.05) is 0 Å². The average Bonchev–Trinajstić information content (AvgIpc) is 2.29. The Bertz CT molecular complexity index is 467. The summed E-state index contributed by atoms with van der Waals surface area (Å²) in [5.41, 5.74) is 0.920. The van der Waals surface area contributed by atoms with Gasteiger partial charge in [-0.15, -0.1) is 0 Å². The van der Waals surface area contributed by atoms with Gasteiger partial charge in [0.1, 0.15) is 0 Å². The summed E-state index contributed by atoms with van der Waals surface area (Å²) in [5.74, 6) is -0.316. The first-order valence-corrected chi connectivity index (χ1v) is 6.46. The molecular weight excluding hydrogens is 250 g/mol. The van der Waals surface area contributed by atoms with Crippen molar-refractivity contribution in [2.24, 2.45) is 11.8 Å². The van der Waals surface area contributed by atoms with E-state index < -0.39 is 0 Å². The average molecular weight is 266 g/mol.